The Hall–Kier alpha value is -3.67. The van der Waals surface area contributed by atoms with Gasteiger partial charge in [0, 0.05) is 31.4 Å². The molecule has 0 bridgehead atoms. The summed E-state index contributed by atoms with van der Waals surface area (Å²) in [6, 6.07) is 18.1. The minimum absolute atomic E-state index is 0.0658. The third-order valence-corrected chi connectivity index (χ3v) is 7.30. The molecule has 6 heteroatoms. The van der Waals surface area contributed by atoms with Crippen molar-refractivity contribution in [1.29, 1.82) is 0 Å². The number of nitrogens with zero attached hydrogens (tertiary/aromatic N) is 2. The molecule has 1 fully saturated rings. The van der Waals surface area contributed by atoms with E-state index in [1.54, 1.807) is 12.4 Å². The zero-order chi connectivity index (χ0) is 24.9. The van der Waals surface area contributed by atoms with Gasteiger partial charge >= 0.3 is 0 Å². The van der Waals surface area contributed by atoms with E-state index in [4.69, 9.17) is 4.74 Å². The van der Waals surface area contributed by atoms with Crippen molar-refractivity contribution >= 4 is 11.8 Å². The van der Waals surface area contributed by atoms with Crippen LogP contribution in [0.25, 0.3) is 0 Å². The standard InChI is InChI=1S/C30H33N3O3/c1-21-5-4-8-25(17-21)29-27-18-26(36-20-28(34)32-19-22-11-14-31-15-12-22)10-9-23(27)13-16-33(29)30(35)24-6-2-3-7-24/h4-5,8-12,14-15,17-18,24,29H,2-3,6-7,13,16,19-20H2,1H3,(H,32,34). The minimum Gasteiger partial charge on any atom is -0.484 e. The van der Waals surface area contributed by atoms with Crippen molar-refractivity contribution in [2.45, 2.75) is 51.6 Å². The number of hydrogen-bond acceptors (Lipinski definition) is 4. The summed E-state index contributed by atoms with van der Waals surface area (Å²) in [7, 11) is 0. The van der Waals surface area contributed by atoms with Crippen LogP contribution in [0.3, 0.4) is 0 Å². The number of rotatable bonds is 7. The summed E-state index contributed by atoms with van der Waals surface area (Å²) in [6.45, 7) is 3.17. The number of nitrogens with one attached hydrogen (secondary N) is 1. The van der Waals surface area contributed by atoms with E-state index in [1.807, 2.05) is 24.3 Å². The molecule has 2 heterocycles. The highest BCUT2D eigenvalue weighted by atomic mass is 16.5. The van der Waals surface area contributed by atoms with Gasteiger partial charge in [-0.25, -0.2) is 0 Å². The molecule has 1 aliphatic heterocycles. The molecule has 0 spiro atoms. The lowest BCUT2D eigenvalue weighted by Gasteiger charge is -2.39. The lowest BCUT2D eigenvalue weighted by Crippen LogP contribution is -2.43. The fraction of sp³-hybridized carbons (Fsp3) is 0.367. The van der Waals surface area contributed by atoms with E-state index >= 15 is 0 Å². The topological polar surface area (TPSA) is 71.5 Å². The van der Waals surface area contributed by atoms with Gasteiger partial charge in [-0.2, -0.15) is 0 Å². The van der Waals surface area contributed by atoms with Crippen LogP contribution in [0.5, 0.6) is 5.75 Å². The molecule has 6 nitrogen and oxygen atoms in total. The van der Waals surface area contributed by atoms with E-state index in [-0.39, 0.29) is 30.4 Å². The van der Waals surface area contributed by atoms with Crippen LogP contribution in [0.15, 0.2) is 67.0 Å². The summed E-state index contributed by atoms with van der Waals surface area (Å²) >= 11 is 0. The third kappa shape index (κ3) is 5.43. The lowest BCUT2D eigenvalue weighted by atomic mass is 9.86. The SMILES string of the molecule is Cc1cccc(C2c3cc(OCC(=O)NCc4ccncc4)ccc3CCN2C(=O)C2CCCC2)c1. The number of hydrogen-bond donors (Lipinski definition) is 1. The molecule has 36 heavy (non-hydrogen) atoms. The predicted molar refractivity (Wildman–Crippen MR) is 138 cm³/mol. The van der Waals surface area contributed by atoms with Crippen LogP contribution in [0, 0.1) is 12.8 Å². The van der Waals surface area contributed by atoms with Gasteiger partial charge in [0.15, 0.2) is 6.61 Å². The highest BCUT2D eigenvalue weighted by Crippen LogP contribution is 2.39. The number of aromatic nitrogens is 1. The van der Waals surface area contributed by atoms with E-state index in [9.17, 15) is 9.59 Å². The molecular weight excluding hydrogens is 450 g/mol. The van der Waals surface area contributed by atoms with Crippen LogP contribution < -0.4 is 10.1 Å². The van der Waals surface area contributed by atoms with E-state index in [0.29, 0.717) is 12.3 Å². The van der Waals surface area contributed by atoms with Crippen LogP contribution in [-0.4, -0.2) is 34.8 Å². The second-order valence-electron chi connectivity index (χ2n) is 9.86. The molecule has 1 unspecified atom stereocenters. The highest BCUT2D eigenvalue weighted by Gasteiger charge is 2.36. The molecule has 1 aromatic heterocycles. The molecule has 3 aromatic rings. The molecule has 0 radical (unpaired) electrons. The van der Waals surface area contributed by atoms with Crippen molar-refractivity contribution in [1.82, 2.24) is 15.2 Å². The van der Waals surface area contributed by atoms with Crippen molar-refractivity contribution in [2.24, 2.45) is 5.92 Å². The number of fused-ring (bicyclic) bond motifs is 1. The first-order chi connectivity index (χ1) is 17.6. The molecule has 1 saturated carbocycles. The van der Waals surface area contributed by atoms with Crippen LogP contribution >= 0.6 is 0 Å². The molecule has 2 aliphatic rings. The molecule has 5 rings (SSSR count). The fourth-order valence-electron chi connectivity index (χ4n) is 5.43. The second-order valence-corrected chi connectivity index (χ2v) is 9.86. The van der Waals surface area contributed by atoms with Gasteiger partial charge in [-0.1, -0.05) is 48.7 Å². The first kappa shape index (κ1) is 24.0. The number of ether oxygens (including phenoxy) is 1. The van der Waals surface area contributed by atoms with Gasteiger partial charge in [-0.15, -0.1) is 0 Å². The van der Waals surface area contributed by atoms with Crippen LogP contribution in [0.1, 0.15) is 59.5 Å². The van der Waals surface area contributed by atoms with Gasteiger partial charge in [0.25, 0.3) is 5.91 Å². The Labute approximate surface area is 212 Å². The monoisotopic (exact) mass is 483 g/mol. The van der Waals surface area contributed by atoms with E-state index < -0.39 is 0 Å². The number of carbonyl (C=O) groups is 2. The molecule has 2 aromatic carbocycles. The third-order valence-electron chi connectivity index (χ3n) is 7.30. The molecule has 0 saturated heterocycles. The van der Waals surface area contributed by atoms with Gasteiger partial charge in [0.1, 0.15) is 5.75 Å². The van der Waals surface area contributed by atoms with Crippen LogP contribution in [-0.2, 0) is 22.6 Å². The van der Waals surface area contributed by atoms with Gasteiger partial charge in [-0.3, -0.25) is 14.6 Å². The van der Waals surface area contributed by atoms with Crippen LogP contribution in [0.4, 0.5) is 0 Å². The Bertz CT molecular complexity index is 1220. The van der Waals surface area contributed by atoms with Gasteiger partial charge in [0.05, 0.1) is 6.04 Å². The number of aryl methyl sites for hydroxylation is 1. The molecule has 186 valence electrons. The fourth-order valence-corrected chi connectivity index (χ4v) is 5.43. The number of pyridine rings is 1. The summed E-state index contributed by atoms with van der Waals surface area (Å²) in [5.41, 5.74) is 5.60. The quantitative estimate of drug-likeness (QED) is 0.527. The Morgan fingerprint density at radius 3 is 2.64 bits per heavy atom. The first-order valence-electron chi connectivity index (χ1n) is 12.9. The molecular formula is C30H33N3O3. The summed E-state index contributed by atoms with van der Waals surface area (Å²) in [5, 5.41) is 2.88. The normalized spacial score (nSPS) is 17.5. The summed E-state index contributed by atoms with van der Waals surface area (Å²) in [6.07, 6.45) is 8.48. The average molecular weight is 484 g/mol. The largest absolute Gasteiger partial charge is 0.484 e. The Morgan fingerprint density at radius 1 is 1.06 bits per heavy atom. The van der Waals surface area contributed by atoms with Gasteiger partial charge < -0.3 is 15.0 Å². The van der Waals surface area contributed by atoms with Crippen molar-refractivity contribution in [3.63, 3.8) is 0 Å². The maximum absolute atomic E-state index is 13.6. The number of benzene rings is 2. The lowest BCUT2D eigenvalue weighted by molar-refractivity contribution is -0.137. The smallest absolute Gasteiger partial charge is 0.258 e. The molecule has 2 amide bonds. The van der Waals surface area contributed by atoms with E-state index in [0.717, 1.165) is 55.3 Å². The maximum Gasteiger partial charge on any atom is 0.258 e. The molecule has 1 atom stereocenters. The Balaban J connectivity index is 1.35. The summed E-state index contributed by atoms with van der Waals surface area (Å²) < 4.78 is 5.90. The Morgan fingerprint density at radius 2 is 1.86 bits per heavy atom. The van der Waals surface area contributed by atoms with Crippen molar-refractivity contribution < 1.29 is 14.3 Å². The van der Waals surface area contributed by atoms with E-state index in [2.05, 4.69) is 52.5 Å². The zero-order valence-corrected chi connectivity index (χ0v) is 20.8. The number of amides is 2. The Kier molecular flexibility index (Phi) is 7.31. The predicted octanol–water partition coefficient (Wildman–Crippen LogP) is 4.75. The van der Waals surface area contributed by atoms with Crippen molar-refractivity contribution in [2.75, 3.05) is 13.2 Å². The maximum atomic E-state index is 13.6. The molecule has 1 N–H and O–H groups in total. The van der Waals surface area contributed by atoms with Crippen LogP contribution in [0.2, 0.25) is 0 Å². The average Bonchev–Trinajstić information content (AvgIpc) is 3.45. The second kappa shape index (κ2) is 10.9. The highest BCUT2D eigenvalue weighted by molar-refractivity contribution is 5.80. The van der Waals surface area contributed by atoms with Gasteiger partial charge in [-0.05, 0) is 72.7 Å². The van der Waals surface area contributed by atoms with Gasteiger partial charge in [0.2, 0.25) is 5.91 Å². The van der Waals surface area contributed by atoms with E-state index in [1.165, 1.54) is 11.1 Å². The van der Waals surface area contributed by atoms with Crippen molar-refractivity contribution in [3.05, 3.63) is 94.8 Å². The summed E-state index contributed by atoms with van der Waals surface area (Å²) in [4.78, 5) is 32.1. The van der Waals surface area contributed by atoms with Crippen molar-refractivity contribution in [3.8, 4) is 5.75 Å². The minimum atomic E-state index is -0.183. The zero-order valence-electron chi connectivity index (χ0n) is 20.8. The number of carbonyl (C=O) groups excluding carboxylic acids is 2. The molecule has 1 aliphatic carbocycles. The summed E-state index contributed by atoms with van der Waals surface area (Å²) in [5.74, 6) is 0.854. The first-order valence-corrected chi connectivity index (χ1v) is 12.9.